The van der Waals surface area contributed by atoms with Crippen molar-refractivity contribution in [3.05, 3.63) is 23.8 Å². The van der Waals surface area contributed by atoms with Crippen molar-refractivity contribution in [2.24, 2.45) is 5.10 Å². The molecular weight excluding hydrogens is 285 g/mol. The van der Waals surface area contributed by atoms with Gasteiger partial charge in [-0.25, -0.2) is 0 Å². The van der Waals surface area contributed by atoms with E-state index in [9.17, 15) is 13.2 Å². The molecule has 0 fully saturated rings. The van der Waals surface area contributed by atoms with E-state index in [2.05, 4.69) is 10.5 Å². The molecular formula is C13H11F3N4O. The van der Waals surface area contributed by atoms with Gasteiger partial charge in [0.1, 0.15) is 17.9 Å². The van der Waals surface area contributed by atoms with Crippen LogP contribution in [0.1, 0.15) is 19.4 Å². The van der Waals surface area contributed by atoms with Crippen molar-refractivity contribution in [1.29, 1.82) is 10.5 Å². The van der Waals surface area contributed by atoms with Crippen molar-refractivity contribution < 1.29 is 17.9 Å². The second-order valence-corrected chi connectivity index (χ2v) is 4.17. The lowest BCUT2D eigenvalue weighted by Crippen LogP contribution is -2.10. The summed E-state index contributed by atoms with van der Waals surface area (Å²) in [7, 11) is 0. The van der Waals surface area contributed by atoms with E-state index in [0.717, 1.165) is 18.2 Å². The molecule has 0 aliphatic carbocycles. The van der Waals surface area contributed by atoms with Crippen molar-refractivity contribution >= 4 is 11.4 Å². The van der Waals surface area contributed by atoms with E-state index in [1.807, 2.05) is 0 Å². The van der Waals surface area contributed by atoms with E-state index >= 15 is 0 Å². The summed E-state index contributed by atoms with van der Waals surface area (Å²) >= 11 is 0. The van der Waals surface area contributed by atoms with Crippen LogP contribution in [0.15, 0.2) is 23.3 Å². The van der Waals surface area contributed by atoms with Crippen molar-refractivity contribution in [3.63, 3.8) is 0 Å². The van der Waals surface area contributed by atoms with Crippen LogP contribution in [0.4, 0.5) is 18.9 Å². The number of anilines is 1. The molecule has 1 rings (SSSR count). The van der Waals surface area contributed by atoms with Gasteiger partial charge in [-0.1, -0.05) is 0 Å². The number of nitrogens with zero attached hydrogens (tertiary/aromatic N) is 3. The molecule has 0 heterocycles. The molecule has 110 valence electrons. The number of hydrogen-bond donors (Lipinski definition) is 1. The zero-order valence-electron chi connectivity index (χ0n) is 11.2. The molecule has 0 atom stereocenters. The highest BCUT2D eigenvalue weighted by molar-refractivity contribution is 6.10. The van der Waals surface area contributed by atoms with E-state index in [-0.39, 0.29) is 17.5 Å². The third-order valence-electron chi connectivity index (χ3n) is 2.17. The van der Waals surface area contributed by atoms with Crippen molar-refractivity contribution in [3.8, 4) is 17.9 Å². The number of nitrogens with one attached hydrogen (secondary N) is 1. The smallest absolute Gasteiger partial charge is 0.416 e. The Kier molecular flexibility index (Phi) is 5.14. The first-order valence-corrected chi connectivity index (χ1v) is 5.79. The molecule has 0 bridgehead atoms. The van der Waals surface area contributed by atoms with Gasteiger partial charge in [-0.2, -0.15) is 28.8 Å². The molecule has 8 heteroatoms. The number of hydrogen-bond acceptors (Lipinski definition) is 5. The molecule has 0 spiro atoms. The zero-order valence-corrected chi connectivity index (χ0v) is 11.2. The minimum Gasteiger partial charge on any atom is -0.489 e. The number of hydrazone groups is 1. The van der Waals surface area contributed by atoms with Crippen molar-refractivity contribution in [1.82, 2.24) is 0 Å². The maximum atomic E-state index is 12.7. The molecule has 0 aromatic heterocycles. The maximum absolute atomic E-state index is 12.7. The summed E-state index contributed by atoms with van der Waals surface area (Å²) < 4.78 is 43.4. The monoisotopic (exact) mass is 296 g/mol. The fourth-order valence-electron chi connectivity index (χ4n) is 1.34. The first-order valence-electron chi connectivity index (χ1n) is 5.79. The van der Waals surface area contributed by atoms with Crippen LogP contribution in [0.5, 0.6) is 5.75 Å². The topological polar surface area (TPSA) is 81.2 Å². The van der Waals surface area contributed by atoms with Gasteiger partial charge < -0.3 is 4.74 Å². The Morgan fingerprint density at radius 2 is 1.90 bits per heavy atom. The second kappa shape index (κ2) is 6.62. The molecule has 1 aromatic carbocycles. The number of alkyl halides is 3. The lowest BCUT2D eigenvalue weighted by molar-refractivity contribution is -0.137. The number of benzene rings is 1. The molecule has 0 amide bonds. The number of rotatable bonds is 4. The molecule has 0 saturated heterocycles. The molecule has 0 saturated carbocycles. The van der Waals surface area contributed by atoms with Crippen LogP contribution in [0, 0.1) is 22.7 Å². The lowest BCUT2D eigenvalue weighted by atomic mass is 10.2. The van der Waals surface area contributed by atoms with Gasteiger partial charge in [0.05, 0.1) is 17.4 Å². The molecule has 0 aliphatic rings. The van der Waals surface area contributed by atoms with E-state index in [0.29, 0.717) is 0 Å². The molecule has 0 aliphatic heterocycles. The van der Waals surface area contributed by atoms with Gasteiger partial charge in [0.25, 0.3) is 0 Å². The molecule has 0 unspecified atom stereocenters. The number of halogens is 3. The van der Waals surface area contributed by atoms with Crippen LogP contribution in [-0.2, 0) is 6.18 Å². The summed E-state index contributed by atoms with van der Waals surface area (Å²) in [6.07, 6.45) is -4.79. The van der Waals surface area contributed by atoms with E-state index in [1.165, 1.54) is 12.1 Å². The lowest BCUT2D eigenvalue weighted by Gasteiger charge is -2.16. The van der Waals surface area contributed by atoms with E-state index < -0.39 is 17.5 Å². The molecule has 0 radical (unpaired) electrons. The normalized spacial score (nSPS) is 10.5. The predicted molar refractivity (Wildman–Crippen MR) is 69.5 cm³/mol. The Bertz CT molecular complexity index is 608. The average Bonchev–Trinajstić information content (AvgIpc) is 2.39. The van der Waals surface area contributed by atoms with Crippen LogP contribution >= 0.6 is 0 Å². The standard InChI is InChI=1S/C13H11F3N4O/c1-8(2)21-12-4-3-9(13(14,15)16)5-11(12)20-19-10(6-17)7-18/h3-5,8,20H,1-2H3. The largest absolute Gasteiger partial charge is 0.489 e. The molecule has 21 heavy (non-hydrogen) atoms. The van der Waals surface area contributed by atoms with Crippen molar-refractivity contribution in [2.45, 2.75) is 26.1 Å². The summed E-state index contributed by atoms with van der Waals surface area (Å²) in [5.41, 5.74) is 0.761. The van der Waals surface area contributed by atoms with Crippen LogP contribution in [0.25, 0.3) is 0 Å². The minimum atomic E-state index is -4.52. The Hall–Kier alpha value is -2.74. The van der Waals surface area contributed by atoms with Crippen LogP contribution in [0.2, 0.25) is 0 Å². The third kappa shape index (κ3) is 4.69. The van der Waals surface area contributed by atoms with E-state index in [4.69, 9.17) is 15.3 Å². The van der Waals surface area contributed by atoms with Gasteiger partial charge in [-0.15, -0.1) is 0 Å². The zero-order chi connectivity index (χ0) is 16.0. The minimum absolute atomic E-state index is 0.0819. The van der Waals surface area contributed by atoms with E-state index in [1.54, 1.807) is 13.8 Å². The summed E-state index contributed by atoms with van der Waals surface area (Å²) in [5.74, 6) is 0.136. The van der Waals surface area contributed by atoms with Gasteiger partial charge in [-0.3, -0.25) is 5.43 Å². The first kappa shape index (κ1) is 16.3. The van der Waals surface area contributed by atoms with Crippen LogP contribution in [0.3, 0.4) is 0 Å². The third-order valence-corrected chi connectivity index (χ3v) is 2.17. The number of ether oxygens (including phenoxy) is 1. The van der Waals surface area contributed by atoms with Crippen LogP contribution < -0.4 is 10.2 Å². The van der Waals surface area contributed by atoms with Gasteiger partial charge in [0.15, 0.2) is 0 Å². The first-order chi connectivity index (χ1) is 9.77. The fourth-order valence-corrected chi connectivity index (χ4v) is 1.34. The van der Waals surface area contributed by atoms with Gasteiger partial charge in [-0.05, 0) is 32.0 Å². The Morgan fingerprint density at radius 3 is 2.38 bits per heavy atom. The fraction of sp³-hybridized carbons (Fsp3) is 0.308. The predicted octanol–water partition coefficient (Wildman–Crippen LogP) is 3.31. The van der Waals surface area contributed by atoms with Gasteiger partial charge >= 0.3 is 6.18 Å². The highest BCUT2D eigenvalue weighted by Crippen LogP contribution is 2.35. The SMILES string of the molecule is CC(C)Oc1ccc(C(F)(F)F)cc1NN=C(C#N)C#N. The quantitative estimate of drug-likeness (QED) is 0.682. The van der Waals surface area contributed by atoms with Crippen molar-refractivity contribution in [2.75, 3.05) is 5.43 Å². The summed E-state index contributed by atoms with van der Waals surface area (Å²) in [6.45, 7) is 3.42. The Balaban J connectivity index is 3.21. The van der Waals surface area contributed by atoms with Gasteiger partial charge in [0, 0.05) is 0 Å². The molecule has 1 aromatic rings. The Labute approximate surface area is 119 Å². The summed E-state index contributed by atoms with van der Waals surface area (Å²) in [6, 6.07) is 5.81. The average molecular weight is 296 g/mol. The number of nitriles is 2. The second-order valence-electron chi connectivity index (χ2n) is 4.17. The maximum Gasteiger partial charge on any atom is 0.416 e. The van der Waals surface area contributed by atoms with Gasteiger partial charge in [0.2, 0.25) is 5.71 Å². The summed E-state index contributed by atoms with van der Waals surface area (Å²) in [5, 5.41) is 20.5. The molecule has 1 N–H and O–H groups in total. The summed E-state index contributed by atoms with van der Waals surface area (Å²) in [4.78, 5) is 0. The highest BCUT2D eigenvalue weighted by atomic mass is 19.4. The van der Waals surface area contributed by atoms with Crippen LogP contribution in [-0.4, -0.2) is 11.8 Å². The highest BCUT2D eigenvalue weighted by Gasteiger charge is 2.31. The Morgan fingerprint density at radius 1 is 1.29 bits per heavy atom. The molecule has 5 nitrogen and oxygen atoms in total.